The highest BCUT2D eigenvalue weighted by atomic mass is 16.5. The van der Waals surface area contributed by atoms with Gasteiger partial charge in [-0.1, -0.05) is 12.1 Å². The van der Waals surface area contributed by atoms with Gasteiger partial charge in [-0.2, -0.15) is 0 Å². The van der Waals surface area contributed by atoms with E-state index >= 15 is 0 Å². The number of fused-ring (bicyclic) bond motifs is 1. The Morgan fingerprint density at radius 2 is 2.19 bits per heavy atom. The van der Waals surface area contributed by atoms with E-state index in [4.69, 9.17) is 0 Å². The van der Waals surface area contributed by atoms with Crippen LogP contribution in [0, 0.1) is 11.1 Å². The quantitative estimate of drug-likeness (QED) is 0.629. The molecule has 27 heavy (non-hydrogen) atoms. The summed E-state index contributed by atoms with van der Waals surface area (Å²) < 4.78 is -0.328. The standard InChI is InChI=1S/C20H22N4O3/c1-24(27)11-14(10-23-6-5-18(25)22-20(23)26)15-7-12-3-2-4-16-19(12)13(9-21-16)8-17(15)24/h2-4,7,9,14,17,21H,5-6,8,10-11H2,1H3,(H,22,25,26)/t14-,17+,24?/m0/s1. The van der Waals surface area contributed by atoms with Crippen LogP contribution in [0.25, 0.3) is 17.0 Å². The topological polar surface area (TPSA) is 88.3 Å². The van der Waals surface area contributed by atoms with E-state index in [1.165, 1.54) is 10.9 Å². The number of carbonyl (C=O) groups excluding carboxylic acids is 2. The van der Waals surface area contributed by atoms with Crippen LogP contribution in [0.4, 0.5) is 4.79 Å². The largest absolute Gasteiger partial charge is 0.633 e. The van der Waals surface area contributed by atoms with Crippen molar-refractivity contribution in [2.75, 3.05) is 26.7 Å². The first-order chi connectivity index (χ1) is 12.9. The third kappa shape index (κ3) is 2.57. The van der Waals surface area contributed by atoms with E-state index in [-0.39, 0.29) is 28.5 Å². The number of rotatable bonds is 2. The number of H-pyrrole nitrogens is 1. The number of urea groups is 1. The molecule has 7 heteroatoms. The number of aromatic amines is 1. The molecule has 3 amide bonds. The Bertz CT molecular complexity index is 990. The first-order valence-corrected chi connectivity index (χ1v) is 9.38. The molecule has 2 N–H and O–H groups in total. The number of hydrogen-bond acceptors (Lipinski definition) is 3. The number of likely N-dealkylation sites (tertiary alicyclic amines) is 1. The van der Waals surface area contributed by atoms with Gasteiger partial charge < -0.3 is 19.7 Å². The van der Waals surface area contributed by atoms with Gasteiger partial charge in [-0.3, -0.25) is 10.1 Å². The van der Waals surface area contributed by atoms with Gasteiger partial charge in [0.25, 0.3) is 0 Å². The zero-order chi connectivity index (χ0) is 18.8. The molecule has 140 valence electrons. The van der Waals surface area contributed by atoms with E-state index in [1.54, 1.807) is 11.9 Å². The number of hydroxylamine groups is 3. The maximum atomic E-state index is 13.3. The highest BCUT2D eigenvalue weighted by Crippen LogP contribution is 2.42. The lowest BCUT2D eigenvalue weighted by Crippen LogP contribution is -2.51. The number of quaternary nitrogens is 1. The van der Waals surface area contributed by atoms with Crippen LogP contribution in [0.3, 0.4) is 0 Å². The van der Waals surface area contributed by atoms with Crippen molar-refractivity contribution in [2.45, 2.75) is 18.9 Å². The first-order valence-electron chi connectivity index (χ1n) is 9.38. The zero-order valence-corrected chi connectivity index (χ0v) is 15.2. The third-order valence-corrected chi connectivity index (χ3v) is 6.24. The van der Waals surface area contributed by atoms with Gasteiger partial charge in [0.15, 0.2) is 0 Å². The number of nitrogens with zero attached hydrogens (tertiary/aromatic N) is 2. The van der Waals surface area contributed by atoms with Gasteiger partial charge in [-0.05, 0) is 28.8 Å². The normalized spacial score (nSPS) is 30.1. The van der Waals surface area contributed by atoms with Crippen LogP contribution in [0.5, 0.6) is 0 Å². The van der Waals surface area contributed by atoms with Crippen molar-refractivity contribution in [3.63, 3.8) is 0 Å². The van der Waals surface area contributed by atoms with Crippen LogP contribution in [-0.2, 0) is 11.2 Å². The van der Waals surface area contributed by atoms with Gasteiger partial charge in [0, 0.05) is 43.0 Å². The molecule has 0 bridgehead atoms. The minimum Gasteiger partial charge on any atom is -0.633 e. The highest BCUT2D eigenvalue weighted by molar-refractivity contribution is 5.96. The van der Waals surface area contributed by atoms with E-state index in [2.05, 4.69) is 28.5 Å². The summed E-state index contributed by atoms with van der Waals surface area (Å²) in [6, 6.07) is 5.67. The third-order valence-electron chi connectivity index (χ3n) is 6.24. The van der Waals surface area contributed by atoms with Crippen LogP contribution < -0.4 is 5.32 Å². The lowest BCUT2D eigenvalue weighted by molar-refractivity contribution is -0.871. The van der Waals surface area contributed by atoms with Crippen molar-refractivity contribution in [2.24, 2.45) is 5.92 Å². The van der Waals surface area contributed by atoms with Gasteiger partial charge in [0.1, 0.15) is 6.04 Å². The molecule has 2 saturated heterocycles. The van der Waals surface area contributed by atoms with Gasteiger partial charge in [0.2, 0.25) is 5.91 Å². The lowest BCUT2D eigenvalue weighted by atomic mass is 9.94. The first kappa shape index (κ1) is 16.5. The maximum absolute atomic E-state index is 13.3. The summed E-state index contributed by atoms with van der Waals surface area (Å²) in [4.78, 5) is 28.5. The fourth-order valence-corrected chi connectivity index (χ4v) is 4.94. The predicted molar refractivity (Wildman–Crippen MR) is 101 cm³/mol. The Morgan fingerprint density at radius 1 is 1.33 bits per heavy atom. The molecular weight excluding hydrogens is 344 g/mol. The smallest absolute Gasteiger partial charge is 0.324 e. The second-order valence-electron chi connectivity index (χ2n) is 8.05. The SMILES string of the molecule is C[N+]1([O-])C[C@H](CN2CCC(=O)NC2=O)C2=Cc3cccc4[nH]cc(c34)C[C@H]21. The molecule has 1 aromatic carbocycles. The van der Waals surface area contributed by atoms with Crippen molar-refractivity contribution < 1.29 is 14.2 Å². The fourth-order valence-electron chi connectivity index (χ4n) is 4.94. The number of hydrogen-bond donors (Lipinski definition) is 2. The average Bonchev–Trinajstić information content (AvgIpc) is 3.05. The van der Waals surface area contributed by atoms with Gasteiger partial charge in [0.05, 0.1) is 19.5 Å². The number of aromatic nitrogens is 1. The number of imide groups is 1. The summed E-state index contributed by atoms with van der Waals surface area (Å²) >= 11 is 0. The van der Waals surface area contributed by atoms with Crippen LogP contribution in [-0.4, -0.2) is 59.2 Å². The highest BCUT2D eigenvalue weighted by Gasteiger charge is 2.45. The van der Waals surface area contributed by atoms with Gasteiger partial charge in [-0.25, -0.2) is 4.79 Å². The van der Waals surface area contributed by atoms with E-state index in [1.807, 2.05) is 12.3 Å². The lowest BCUT2D eigenvalue weighted by Gasteiger charge is -2.40. The van der Waals surface area contributed by atoms with E-state index in [0.29, 0.717) is 32.5 Å². The van der Waals surface area contributed by atoms with Gasteiger partial charge >= 0.3 is 6.03 Å². The van der Waals surface area contributed by atoms with Crippen LogP contribution in [0.1, 0.15) is 17.5 Å². The van der Waals surface area contributed by atoms with E-state index < -0.39 is 0 Å². The minimum atomic E-state index is -0.349. The van der Waals surface area contributed by atoms with Crippen LogP contribution in [0.2, 0.25) is 0 Å². The summed E-state index contributed by atoms with van der Waals surface area (Å²) in [5.41, 5.74) is 4.52. The molecule has 0 spiro atoms. The number of benzene rings is 1. The molecule has 2 fully saturated rings. The molecule has 1 aliphatic carbocycles. The van der Waals surface area contributed by atoms with Crippen LogP contribution >= 0.6 is 0 Å². The second-order valence-corrected chi connectivity index (χ2v) is 8.05. The molecule has 2 aliphatic heterocycles. The number of likely N-dealkylation sites (N-methyl/N-ethyl adjacent to an activating group) is 1. The molecule has 1 aromatic heterocycles. The summed E-state index contributed by atoms with van der Waals surface area (Å²) in [6.45, 7) is 1.34. The van der Waals surface area contributed by atoms with Crippen molar-refractivity contribution >= 4 is 28.9 Å². The van der Waals surface area contributed by atoms with E-state index in [0.717, 1.165) is 16.7 Å². The molecule has 5 rings (SSSR count). The predicted octanol–water partition coefficient (Wildman–Crippen LogP) is 1.99. The molecule has 3 atom stereocenters. The number of carbonyl (C=O) groups is 2. The fraction of sp³-hybridized carbons (Fsp3) is 0.400. The Balaban J connectivity index is 1.53. The van der Waals surface area contributed by atoms with Crippen molar-refractivity contribution in [1.29, 1.82) is 0 Å². The second kappa shape index (κ2) is 5.68. The molecular formula is C20H22N4O3. The van der Waals surface area contributed by atoms with Crippen molar-refractivity contribution in [3.05, 3.63) is 46.3 Å². The summed E-state index contributed by atoms with van der Waals surface area (Å²) in [7, 11) is 1.73. The minimum absolute atomic E-state index is 0.000283. The van der Waals surface area contributed by atoms with Crippen molar-refractivity contribution in [3.8, 4) is 0 Å². The molecule has 7 nitrogen and oxygen atoms in total. The Morgan fingerprint density at radius 3 is 3.00 bits per heavy atom. The van der Waals surface area contributed by atoms with Crippen molar-refractivity contribution in [1.82, 2.24) is 15.2 Å². The average molecular weight is 366 g/mol. The molecule has 1 unspecified atom stereocenters. The molecule has 3 aliphatic rings. The van der Waals surface area contributed by atoms with E-state index in [9.17, 15) is 14.8 Å². The molecule has 0 saturated carbocycles. The Hall–Kier alpha value is -2.64. The van der Waals surface area contributed by atoms with Gasteiger partial charge in [-0.15, -0.1) is 0 Å². The molecule has 2 aromatic rings. The number of amides is 3. The summed E-state index contributed by atoms with van der Waals surface area (Å²) in [5.74, 6) is -0.232. The Kier molecular flexibility index (Phi) is 3.47. The monoisotopic (exact) mass is 366 g/mol. The van der Waals surface area contributed by atoms with Crippen LogP contribution in [0.15, 0.2) is 30.0 Å². The maximum Gasteiger partial charge on any atom is 0.324 e. The summed E-state index contributed by atoms with van der Waals surface area (Å²) in [5, 5.41) is 16.9. The number of nitrogens with one attached hydrogen (secondary N) is 2. The zero-order valence-electron chi connectivity index (χ0n) is 15.2. The molecule has 3 heterocycles. The summed E-state index contributed by atoms with van der Waals surface area (Å²) in [6.07, 6.45) is 5.19. The molecule has 0 radical (unpaired) electrons. The Labute approximate surface area is 156 Å².